The van der Waals surface area contributed by atoms with Crippen LogP contribution in [0.25, 0.3) is 73.3 Å². The Bertz CT molecular complexity index is 6750. The Hall–Kier alpha value is -15.6. The number of methoxy groups -OCH3 is 4. The smallest absolute Gasteiger partial charge is 0.156 e. The highest BCUT2D eigenvalue weighted by molar-refractivity contribution is 5.68. The number of likely N-dealkylation sites (N-methyl/N-ethyl adjacent to an activating group) is 2. The third kappa shape index (κ3) is 25.7. The van der Waals surface area contributed by atoms with E-state index in [4.69, 9.17) is 69.7 Å². The summed E-state index contributed by atoms with van der Waals surface area (Å²) in [6.45, 7) is 14.0. The van der Waals surface area contributed by atoms with Gasteiger partial charge in [-0.25, -0.2) is 38.0 Å². The third-order valence-corrected chi connectivity index (χ3v) is 22.5. The molecule has 0 aliphatic carbocycles. The maximum absolute atomic E-state index is 5.74. The first-order chi connectivity index (χ1) is 65.1. The molecule has 0 bridgehead atoms. The molecule has 133 heavy (non-hydrogen) atoms. The summed E-state index contributed by atoms with van der Waals surface area (Å²) in [5.74, 6) is 7.34. The van der Waals surface area contributed by atoms with E-state index in [1.165, 1.54) is 33.4 Å². The van der Waals surface area contributed by atoms with Gasteiger partial charge in [-0.15, -0.1) is 0 Å². The van der Waals surface area contributed by atoms with Gasteiger partial charge in [0.2, 0.25) is 0 Å². The van der Waals surface area contributed by atoms with Crippen molar-refractivity contribution in [2.24, 2.45) is 0 Å². The molecule has 0 saturated heterocycles. The van der Waals surface area contributed by atoms with E-state index in [-0.39, 0.29) is 0 Å². The van der Waals surface area contributed by atoms with Crippen LogP contribution >= 0.6 is 0 Å². The van der Waals surface area contributed by atoms with Gasteiger partial charge >= 0.3 is 0 Å². The van der Waals surface area contributed by atoms with Gasteiger partial charge in [0.25, 0.3) is 0 Å². The van der Waals surface area contributed by atoms with Crippen LogP contribution < -0.4 is 50.7 Å². The van der Waals surface area contributed by atoms with Crippen LogP contribution in [0.5, 0.6) is 28.7 Å². The normalized spacial score (nSPS) is 11.0. The quantitative estimate of drug-likeness (QED) is 0.0179. The highest BCUT2D eigenvalue weighted by Crippen LogP contribution is 2.30. The molecule has 0 aliphatic heterocycles. The van der Waals surface area contributed by atoms with E-state index in [9.17, 15) is 0 Å². The summed E-state index contributed by atoms with van der Waals surface area (Å²) in [4.78, 5) is 25.2. The van der Waals surface area contributed by atoms with Crippen molar-refractivity contribution in [3.8, 4) is 73.8 Å². The third-order valence-electron chi connectivity index (χ3n) is 22.5. The Morgan fingerprint density at radius 3 is 1.03 bits per heavy atom. The molecule has 0 fully saturated rings. The molecule has 674 valence electrons. The molecule has 18 rings (SSSR count). The van der Waals surface area contributed by atoms with Gasteiger partial charge in [0.15, 0.2) is 45.9 Å². The molecular weight excluding hydrogens is 1660 g/mol. The number of nitrogens with two attached hydrogens (primary N) is 1. The number of nitrogen functional groups attached to an aromatic ring is 1. The first kappa shape index (κ1) is 92.1. The second-order valence-electron chi connectivity index (χ2n) is 32.4. The van der Waals surface area contributed by atoms with Crippen molar-refractivity contribution in [3.05, 3.63) is 408 Å². The summed E-state index contributed by atoms with van der Waals surface area (Å²) < 4.78 is 34.4. The Kier molecular flexibility index (Phi) is 31.9. The zero-order chi connectivity index (χ0) is 92.0. The van der Waals surface area contributed by atoms with Crippen molar-refractivity contribution in [1.29, 1.82) is 0 Å². The van der Waals surface area contributed by atoms with E-state index in [0.717, 1.165) is 218 Å². The minimum Gasteiger partial charge on any atom is -0.497 e. The summed E-state index contributed by atoms with van der Waals surface area (Å²) in [6, 6.07) is 102. The van der Waals surface area contributed by atoms with E-state index < -0.39 is 0 Å². The highest BCUT2D eigenvalue weighted by Gasteiger charge is 2.17. The Labute approximate surface area is 776 Å². The lowest BCUT2D eigenvalue weighted by Gasteiger charge is -2.13. The summed E-state index contributed by atoms with van der Waals surface area (Å²) >= 11 is 0. The lowest BCUT2D eigenvalue weighted by Crippen LogP contribution is -2.25. The van der Waals surface area contributed by atoms with Crippen molar-refractivity contribution < 1.29 is 23.7 Å². The van der Waals surface area contributed by atoms with E-state index in [1.54, 1.807) is 34.6 Å². The van der Waals surface area contributed by atoms with Gasteiger partial charge in [-0.05, 0) is 279 Å². The molecule has 9 heterocycles. The zero-order valence-electron chi connectivity index (χ0n) is 76.4. The number of hydrogen-bond donors (Lipinski definition) is 5. The lowest BCUT2D eigenvalue weighted by molar-refractivity contribution is 0.345. The molecule has 18 aromatic rings. The molecule has 0 unspecified atom stereocenters. The van der Waals surface area contributed by atoms with Crippen LogP contribution in [0.1, 0.15) is 86.2 Å². The van der Waals surface area contributed by atoms with Crippen LogP contribution in [0, 0.1) is 0 Å². The maximum atomic E-state index is 5.74. The number of nitrogens with zero attached hydrogens (tertiary/aromatic N) is 14. The van der Waals surface area contributed by atoms with Crippen LogP contribution in [0.3, 0.4) is 0 Å². The molecule has 6 N–H and O–H groups in total. The standard InChI is InChI=1S/C30H31N5O.C29H29N5O.C26H29N5O.C24H24N4O2/c1-36-27-17-13-25(14-18-27)28-5-2-6-30-33-29(34-35(28)30)20-23-9-7-22(8-10-23)4-3-19-32-21-24-11-15-26(31)16-12-24;1-35-26-15-13-25(14-16-26)27-7-2-8-29-32-28(33-34(27)29)19-23-11-9-22(10-12-23)5-3-17-30-20-24-6-4-18-31-21-24;1-19(27-16-17-30(2)3)21-10-8-20(9-11-21)18-25-28-26-7-5-6-24(31(26)29-25)22-12-14-23(32-4)15-13-22;1-17(25-2)16-30-21-11-7-18(8-12-21)15-23-26-24-6-4-5-22(28(24)27-23)19-9-13-20(29-3)14-10-19/h2,5-18,32H,3-4,19-21,31H2,1H3;2,4,6-16,18,21,30H,3,5,17,19-20H2,1H3;5-15,27H,1,16-18H2,2-4H3;4-14,25H,1,15-16H2,2-3H3. The SMILES string of the molecule is C=C(COc1ccc(Cc2nc3cccc(-c4ccc(OC)cc4)n3n2)cc1)NC.C=C(NCCN(C)C)c1ccc(Cc2nc3cccc(-c4ccc(OC)cc4)n3n2)cc1.COc1ccc(-c2cccc3nc(Cc4ccc(CCCNCc5ccc(N)cc5)cc4)nn23)cc1.COc1ccc(-c2cccc3nc(Cc4ccc(CCCNCc5cccnc5)cc4)nn23)cc1. The first-order valence-electron chi connectivity index (χ1n) is 44.7. The minimum atomic E-state index is 0.442. The fraction of sp³-hybridized carbons (Fsp3) is 0.202. The van der Waals surface area contributed by atoms with Gasteiger partial charge < -0.3 is 55.6 Å². The summed E-state index contributed by atoms with van der Waals surface area (Å²) in [6.07, 6.45) is 10.7. The van der Waals surface area contributed by atoms with Crippen LogP contribution in [-0.2, 0) is 51.6 Å². The molecular formula is C109H113N19O5. The number of aryl methyl sites for hydroxylation is 2. The predicted molar refractivity (Wildman–Crippen MR) is 531 cm³/mol. The second kappa shape index (κ2) is 46.1. The monoisotopic (exact) mass is 1770 g/mol. The van der Waals surface area contributed by atoms with Gasteiger partial charge in [-0.1, -0.05) is 141 Å². The fourth-order valence-electron chi connectivity index (χ4n) is 15.1. The molecule has 0 amide bonds. The number of ether oxygens (including phenoxy) is 5. The van der Waals surface area contributed by atoms with Gasteiger partial charge in [-0.3, -0.25) is 4.98 Å². The molecule has 0 atom stereocenters. The number of pyridine rings is 5. The first-order valence-corrected chi connectivity index (χ1v) is 44.7. The van der Waals surface area contributed by atoms with Crippen LogP contribution in [0.4, 0.5) is 5.69 Å². The average molecular weight is 1770 g/mol. The Morgan fingerprint density at radius 2 is 0.692 bits per heavy atom. The average Bonchev–Trinajstić information content (AvgIpc) is 1.67. The van der Waals surface area contributed by atoms with E-state index >= 15 is 0 Å². The molecule has 24 nitrogen and oxygen atoms in total. The van der Waals surface area contributed by atoms with Crippen LogP contribution in [0.15, 0.2) is 335 Å². The summed E-state index contributed by atoms with van der Waals surface area (Å²) in [5.41, 5.74) is 30.9. The van der Waals surface area contributed by atoms with Gasteiger partial charge in [-0.2, -0.15) is 20.4 Å². The molecule has 0 aliphatic rings. The zero-order valence-corrected chi connectivity index (χ0v) is 76.4. The second-order valence-corrected chi connectivity index (χ2v) is 32.4. The number of nitrogens with one attached hydrogen (secondary N) is 4. The topological polar surface area (TPSA) is 257 Å². The molecule has 24 heteroatoms. The number of benzene rings is 9. The number of hydrogen-bond acceptors (Lipinski definition) is 20. The van der Waals surface area contributed by atoms with Gasteiger partial charge in [0.05, 0.1) is 51.2 Å². The van der Waals surface area contributed by atoms with Crippen molar-refractivity contribution in [2.75, 3.05) is 88.1 Å². The predicted octanol–water partition coefficient (Wildman–Crippen LogP) is 18.6. The van der Waals surface area contributed by atoms with Crippen molar-refractivity contribution in [1.82, 2.24) is 89.5 Å². The summed E-state index contributed by atoms with van der Waals surface area (Å²) in [7, 11) is 12.6. The molecule has 0 radical (unpaired) electrons. The number of anilines is 1. The van der Waals surface area contributed by atoms with Crippen LogP contribution in [-0.4, -0.2) is 151 Å². The summed E-state index contributed by atoms with van der Waals surface area (Å²) in [5, 5.41) is 32.5. The van der Waals surface area contributed by atoms with E-state index in [0.29, 0.717) is 32.3 Å². The number of fused-ring (bicyclic) bond motifs is 4. The number of aromatic nitrogens is 13. The molecule has 0 spiro atoms. The van der Waals surface area contributed by atoms with E-state index in [2.05, 4.69) is 168 Å². The van der Waals surface area contributed by atoms with Crippen molar-refractivity contribution in [3.63, 3.8) is 0 Å². The lowest BCUT2D eigenvalue weighted by atomic mass is 10.1. The van der Waals surface area contributed by atoms with Crippen molar-refractivity contribution >= 4 is 34.0 Å². The molecule has 0 saturated carbocycles. The highest BCUT2D eigenvalue weighted by atomic mass is 16.5. The van der Waals surface area contributed by atoms with Gasteiger partial charge in [0, 0.05) is 111 Å². The van der Waals surface area contributed by atoms with Crippen LogP contribution in [0.2, 0.25) is 0 Å². The van der Waals surface area contributed by atoms with E-state index in [1.807, 2.05) is 225 Å². The molecule has 9 aromatic heterocycles. The Balaban J connectivity index is 0.000000136. The Morgan fingerprint density at radius 1 is 0.361 bits per heavy atom. The van der Waals surface area contributed by atoms with Gasteiger partial charge in [0.1, 0.15) is 35.4 Å². The minimum absolute atomic E-state index is 0.442. The fourth-order valence-corrected chi connectivity index (χ4v) is 15.1. The molecule has 9 aromatic carbocycles. The number of rotatable bonds is 37. The largest absolute Gasteiger partial charge is 0.497 e. The maximum Gasteiger partial charge on any atom is 0.156 e. The van der Waals surface area contributed by atoms with Crippen molar-refractivity contribution in [2.45, 2.75) is 64.5 Å².